The summed E-state index contributed by atoms with van der Waals surface area (Å²) in [4.78, 5) is 14.1. The first-order valence-corrected chi connectivity index (χ1v) is 7.36. The van der Waals surface area contributed by atoms with Crippen LogP contribution in [0.4, 0.5) is 0 Å². The van der Waals surface area contributed by atoms with Crippen LogP contribution in [0.3, 0.4) is 0 Å². The van der Waals surface area contributed by atoms with Crippen LogP contribution in [0.25, 0.3) is 0 Å². The van der Waals surface area contributed by atoms with Gasteiger partial charge in [-0.15, -0.1) is 0 Å². The zero-order valence-electron chi connectivity index (χ0n) is 10.2. The molecule has 2 unspecified atom stereocenters. The molecule has 1 amide bonds. The lowest BCUT2D eigenvalue weighted by molar-refractivity contribution is -0.137. The Hall–Kier alpha value is -0.220. The van der Waals surface area contributed by atoms with Gasteiger partial charge in [0.2, 0.25) is 5.91 Å². The molecule has 2 fully saturated rings. The van der Waals surface area contributed by atoms with Gasteiger partial charge in [-0.3, -0.25) is 4.79 Å². The van der Waals surface area contributed by atoms with Crippen LogP contribution in [0.5, 0.6) is 0 Å². The summed E-state index contributed by atoms with van der Waals surface area (Å²) in [5.41, 5.74) is 0. The van der Waals surface area contributed by atoms with Gasteiger partial charge in [0.05, 0.1) is 5.92 Å². The number of carbonyl (C=O) groups is 1. The second-order valence-electron chi connectivity index (χ2n) is 4.85. The molecule has 0 spiro atoms. The third-order valence-electron chi connectivity index (χ3n) is 3.79. The molecule has 2 rings (SSSR count). The lowest BCUT2D eigenvalue weighted by Gasteiger charge is -2.33. The van der Waals surface area contributed by atoms with Gasteiger partial charge in [0.25, 0.3) is 0 Å². The predicted molar refractivity (Wildman–Crippen MR) is 68.7 cm³/mol. The molecule has 2 atom stereocenters. The maximum absolute atomic E-state index is 12.1. The molecule has 2 aliphatic rings. The second-order valence-corrected chi connectivity index (χ2v) is 6.43. The monoisotopic (exact) mass is 242 g/mol. The number of nitrogens with one attached hydrogen (secondary N) is 1. The third kappa shape index (κ3) is 2.54. The van der Waals surface area contributed by atoms with Crippen LogP contribution in [0.1, 0.15) is 26.2 Å². The van der Waals surface area contributed by atoms with Crippen molar-refractivity contribution in [1.29, 1.82) is 0 Å². The van der Waals surface area contributed by atoms with Gasteiger partial charge >= 0.3 is 0 Å². The van der Waals surface area contributed by atoms with Crippen molar-refractivity contribution >= 4 is 17.7 Å². The van der Waals surface area contributed by atoms with E-state index in [9.17, 15) is 4.79 Å². The Morgan fingerprint density at radius 3 is 2.75 bits per heavy atom. The summed E-state index contributed by atoms with van der Waals surface area (Å²) < 4.78 is 0. The predicted octanol–water partition coefficient (Wildman–Crippen LogP) is 1.34. The zero-order chi connectivity index (χ0) is 11.5. The molecule has 1 heterocycles. The molecule has 92 valence electrons. The van der Waals surface area contributed by atoms with Crippen LogP contribution in [0, 0.1) is 5.92 Å². The standard InChI is InChI=1S/C12H22N2OS/c1-3-16-11-5-4-10(6-11)14(2)12(15)9-7-13-8-9/h9-11,13H,3-8H2,1-2H3. The lowest BCUT2D eigenvalue weighted by atomic mass is 10.0. The minimum absolute atomic E-state index is 0.253. The van der Waals surface area contributed by atoms with Gasteiger partial charge in [0.1, 0.15) is 0 Å². The molecule has 0 radical (unpaired) electrons. The van der Waals surface area contributed by atoms with E-state index in [2.05, 4.69) is 12.2 Å². The van der Waals surface area contributed by atoms with Gasteiger partial charge in [-0.2, -0.15) is 11.8 Å². The molecule has 1 aliphatic heterocycles. The lowest BCUT2D eigenvalue weighted by Crippen LogP contribution is -2.52. The highest BCUT2D eigenvalue weighted by Crippen LogP contribution is 2.32. The van der Waals surface area contributed by atoms with Crippen molar-refractivity contribution in [3.8, 4) is 0 Å². The Bertz CT molecular complexity index is 255. The molecule has 0 aromatic rings. The average molecular weight is 242 g/mol. The van der Waals surface area contributed by atoms with Crippen LogP contribution < -0.4 is 5.32 Å². The van der Waals surface area contributed by atoms with E-state index in [0.29, 0.717) is 11.9 Å². The summed E-state index contributed by atoms with van der Waals surface area (Å²) in [6, 6.07) is 0.497. The maximum Gasteiger partial charge on any atom is 0.228 e. The highest BCUT2D eigenvalue weighted by Gasteiger charge is 2.34. The molecule has 3 nitrogen and oxygen atoms in total. The van der Waals surface area contributed by atoms with E-state index in [1.165, 1.54) is 25.0 Å². The average Bonchev–Trinajstić information content (AvgIpc) is 2.63. The Balaban J connectivity index is 1.81. The van der Waals surface area contributed by atoms with Crippen molar-refractivity contribution in [1.82, 2.24) is 10.2 Å². The minimum atomic E-state index is 0.253. The molecule has 4 heteroatoms. The van der Waals surface area contributed by atoms with Crippen molar-refractivity contribution in [3.63, 3.8) is 0 Å². The van der Waals surface area contributed by atoms with Crippen molar-refractivity contribution in [2.45, 2.75) is 37.5 Å². The summed E-state index contributed by atoms with van der Waals surface area (Å²) in [6.45, 7) is 3.97. The van der Waals surface area contributed by atoms with Gasteiger partial charge in [-0.05, 0) is 25.0 Å². The summed E-state index contributed by atoms with van der Waals surface area (Å²) in [6.07, 6.45) is 3.67. The van der Waals surface area contributed by atoms with Crippen molar-refractivity contribution in [3.05, 3.63) is 0 Å². The largest absolute Gasteiger partial charge is 0.342 e. The highest BCUT2D eigenvalue weighted by molar-refractivity contribution is 7.99. The van der Waals surface area contributed by atoms with E-state index in [4.69, 9.17) is 0 Å². The topological polar surface area (TPSA) is 32.3 Å². The minimum Gasteiger partial charge on any atom is -0.342 e. The molecule has 0 aromatic carbocycles. The van der Waals surface area contributed by atoms with Gasteiger partial charge in [-0.1, -0.05) is 6.92 Å². The molecule has 1 aliphatic carbocycles. The molecule has 16 heavy (non-hydrogen) atoms. The van der Waals surface area contributed by atoms with Gasteiger partial charge in [-0.25, -0.2) is 0 Å². The highest BCUT2D eigenvalue weighted by atomic mass is 32.2. The third-order valence-corrected chi connectivity index (χ3v) is 5.02. The first kappa shape index (κ1) is 12.2. The smallest absolute Gasteiger partial charge is 0.228 e. The van der Waals surface area contributed by atoms with Gasteiger partial charge < -0.3 is 10.2 Å². The zero-order valence-corrected chi connectivity index (χ0v) is 11.1. The fraction of sp³-hybridized carbons (Fsp3) is 0.917. The molecule has 0 aromatic heterocycles. The summed E-state index contributed by atoms with van der Waals surface area (Å²) in [5, 5.41) is 3.95. The summed E-state index contributed by atoms with van der Waals surface area (Å²) in [7, 11) is 1.99. The number of amides is 1. The number of rotatable bonds is 4. The summed E-state index contributed by atoms with van der Waals surface area (Å²) in [5.74, 6) is 1.80. The second kappa shape index (κ2) is 5.41. The van der Waals surface area contributed by atoms with Crippen LogP contribution >= 0.6 is 11.8 Å². The molecular formula is C12H22N2OS. The van der Waals surface area contributed by atoms with Crippen LogP contribution in [0.2, 0.25) is 0 Å². The fourth-order valence-electron chi connectivity index (χ4n) is 2.59. The first-order chi connectivity index (χ1) is 7.72. The number of hydrogen-bond acceptors (Lipinski definition) is 3. The molecule has 1 saturated heterocycles. The quantitative estimate of drug-likeness (QED) is 0.807. The van der Waals surface area contributed by atoms with E-state index in [0.717, 1.165) is 18.3 Å². The Kier molecular flexibility index (Phi) is 4.14. The van der Waals surface area contributed by atoms with Crippen LogP contribution in [-0.4, -0.2) is 48.0 Å². The molecule has 0 bridgehead atoms. The van der Waals surface area contributed by atoms with E-state index < -0.39 is 0 Å². The number of carbonyl (C=O) groups excluding carboxylic acids is 1. The molecular weight excluding hydrogens is 220 g/mol. The molecule has 1 saturated carbocycles. The van der Waals surface area contributed by atoms with Crippen LogP contribution in [0.15, 0.2) is 0 Å². The Labute approximate surface area is 102 Å². The Morgan fingerprint density at radius 1 is 1.44 bits per heavy atom. The first-order valence-electron chi connectivity index (χ1n) is 6.31. The van der Waals surface area contributed by atoms with E-state index >= 15 is 0 Å². The van der Waals surface area contributed by atoms with E-state index in [-0.39, 0.29) is 5.92 Å². The number of nitrogens with zero attached hydrogens (tertiary/aromatic N) is 1. The van der Waals surface area contributed by atoms with E-state index in [1.807, 2.05) is 23.7 Å². The van der Waals surface area contributed by atoms with Gasteiger partial charge in [0.15, 0.2) is 0 Å². The Morgan fingerprint density at radius 2 is 2.19 bits per heavy atom. The van der Waals surface area contributed by atoms with Crippen LogP contribution in [-0.2, 0) is 4.79 Å². The van der Waals surface area contributed by atoms with Crippen molar-refractivity contribution < 1.29 is 4.79 Å². The fourth-order valence-corrected chi connectivity index (χ4v) is 3.72. The SMILES string of the molecule is CCSC1CCC(N(C)C(=O)C2CNC2)C1. The van der Waals surface area contributed by atoms with Gasteiger partial charge in [0, 0.05) is 31.4 Å². The maximum atomic E-state index is 12.1. The van der Waals surface area contributed by atoms with Crippen molar-refractivity contribution in [2.24, 2.45) is 5.92 Å². The summed E-state index contributed by atoms with van der Waals surface area (Å²) >= 11 is 2.05. The van der Waals surface area contributed by atoms with Crippen molar-refractivity contribution in [2.75, 3.05) is 25.9 Å². The normalized spacial score (nSPS) is 30.1. The molecule has 1 N–H and O–H groups in total. The number of thioether (sulfide) groups is 1. The number of hydrogen-bond donors (Lipinski definition) is 1. The van der Waals surface area contributed by atoms with E-state index in [1.54, 1.807) is 0 Å².